The first-order valence-electron chi connectivity index (χ1n) is 6.23. The Hall–Kier alpha value is -2.37. The summed E-state index contributed by atoms with van der Waals surface area (Å²) in [6.07, 6.45) is 0.0266. The Morgan fingerprint density at radius 2 is 1.85 bits per heavy atom. The summed E-state index contributed by atoms with van der Waals surface area (Å²) < 4.78 is 0. The lowest BCUT2D eigenvalue weighted by molar-refractivity contribution is -0.136. The summed E-state index contributed by atoms with van der Waals surface area (Å²) in [7, 11) is 0. The maximum absolute atomic E-state index is 11.9. The van der Waals surface area contributed by atoms with Crippen LogP contribution < -0.4 is 4.90 Å². The van der Waals surface area contributed by atoms with E-state index in [1.54, 1.807) is 19.9 Å². The first kappa shape index (κ1) is 15.7. The highest BCUT2D eigenvalue weighted by Gasteiger charge is 2.18. The van der Waals surface area contributed by atoms with Gasteiger partial charge in [0.2, 0.25) is 5.91 Å². The summed E-state index contributed by atoms with van der Waals surface area (Å²) in [5.74, 6) is -2.34. The van der Waals surface area contributed by atoms with Crippen LogP contribution in [0.4, 0.5) is 5.69 Å². The second-order valence-corrected chi connectivity index (χ2v) is 4.35. The van der Waals surface area contributed by atoms with E-state index in [9.17, 15) is 14.4 Å². The van der Waals surface area contributed by atoms with Gasteiger partial charge in [0, 0.05) is 18.7 Å². The molecule has 1 rings (SSSR count). The normalized spacial score (nSPS) is 10.1. The van der Waals surface area contributed by atoms with Crippen LogP contribution in [0.3, 0.4) is 0 Å². The lowest BCUT2D eigenvalue weighted by atomic mass is 10.1. The van der Waals surface area contributed by atoms with Crippen molar-refractivity contribution < 1.29 is 24.6 Å². The molecule has 108 valence electrons. The molecule has 0 aliphatic rings. The van der Waals surface area contributed by atoms with E-state index in [1.807, 2.05) is 0 Å². The lowest BCUT2D eigenvalue weighted by Crippen LogP contribution is -2.33. The quantitative estimate of drug-likeness (QED) is 0.829. The Labute approximate surface area is 116 Å². The van der Waals surface area contributed by atoms with E-state index in [-0.39, 0.29) is 30.9 Å². The highest BCUT2D eigenvalue weighted by Crippen LogP contribution is 2.23. The predicted octanol–water partition coefficient (Wildman–Crippen LogP) is 1.91. The molecule has 0 saturated heterocycles. The molecule has 1 amide bonds. The van der Waals surface area contributed by atoms with Gasteiger partial charge in [-0.05, 0) is 24.6 Å². The van der Waals surface area contributed by atoms with Crippen LogP contribution in [0.2, 0.25) is 0 Å². The Balaban J connectivity index is 3.18. The summed E-state index contributed by atoms with van der Waals surface area (Å²) in [6, 6.07) is 4.45. The van der Waals surface area contributed by atoms with Gasteiger partial charge in [-0.1, -0.05) is 13.0 Å². The summed E-state index contributed by atoms with van der Waals surface area (Å²) in [5, 5.41) is 17.7. The highest BCUT2D eigenvalue weighted by atomic mass is 16.4. The third-order valence-corrected chi connectivity index (χ3v) is 2.90. The number of hydrogen-bond acceptors (Lipinski definition) is 3. The topological polar surface area (TPSA) is 94.9 Å². The molecule has 0 aliphatic heterocycles. The average Bonchev–Trinajstić information content (AvgIpc) is 2.39. The van der Waals surface area contributed by atoms with Crippen LogP contribution >= 0.6 is 0 Å². The summed E-state index contributed by atoms with van der Waals surface area (Å²) in [6.45, 7) is 3.44. The molecule has 0 spiro atoms. The predicted molar refractivity (Wildman–Crippen MR) is 73.0 cm³/mol. The van der Waals surface area contributed by atoms with E-state index in [0.29, 0.717) is 5.69 Å². The molecule has 0 radical (unpaired) electrons. The van der Waals surface area contributed by atoms with Gasteiger partial charge in [-0.15, -0.1) is 0 Å². The minimum atomic E-state index is -1.09. The van der Waals surface area contributed by atoms with Crippen LogP contribution in [0.1, 0.15) is 35.7 Å². The van der Waals surface area contributed by atoms with Gasteiger partial charge in [-0.3, -0.25) is 9.59 Å². The van der Waals surface area contributed by atoms with Crippen LogP contribution in [0.15, 0.2) is 18.2 Å². The summed E-state index contributed by atoms with van der Waals surface area (Å²) in [5.41, 5.74) is 1.23. The van der Waals surface area contributed by atoms with Crippen LogP contribution in [0.5, 0.6) is 0 Å². The molecule has 0 heterocycles. The van der Waals surface area contributed by atoms with Gasteiger partial charge >= 0.3 is 11.9 Å². The number of aryl methyl sites for hydroxylation is 1. The Bertz CT molecular complexity index is 538. The van der Waals surface area contributed by atoms with Crippen molar-refractivity contribution in [2.24, 2.45) is 0 Å². The van der Waals surface area contributed by atoms with Gasteiger partial charge in [0.25, 0.3) is 0 Å². The van der Waals surface area contributed by atoms with Crippen LogP contribution in [0.25, 0.3) is 0 Å². The number of hydrogen-bond donors (Lipinski definition) is 2. The number of aliphatic carboxylic acids is 1. The Kier molecular flexibility index (Phi) is 5.25. The van der Waals surface area contributed by atoms with E-state index in [4.69, 9.17) is 10.2 Å². The minimum absolute atomic E-state index is 0.0198. The van der Waals surface area contributed by atoms with Crippen molar-refractivity contribution in [3.8, 4) is 0 Å². The second kappa shape index (κ2) is 6.70. The molecule has 20 heavy (non-hydrogen) atoms. The third kappa shape index (κ3) is 3.81. The van der Waals surface area contributed by atoms with Gasteiger partial charge in [-0.25, -0.2) is 4.79 Å². The zero-order valence-electron chi connectivity index (χ0n) is 11.4. The number of nitrogens with zero attached hydrogens (tertiary/aromatic N) is 1. The SMILES string of the molecule is CCC(=O)N(CCC(=O)O)c1cc(C(=O)O)ccc1C. The van der Waals surface area contributed by atoms with E-state index in [1.165, 1.54) is 17.0 Å². The minimum Gasteiger partial charge on any atom is -0.481 e. The molecular formula is C14H17NO5. The summed E-state index contributed by atoms with van der Waals surface area (Å²) >= 11 is 0. The fourth-order valence-corrected chi connectivity index (χ4v) is 1.81. The molecular weight excluding hydrogens is 262 g/mol. The van der Waals surface area contributed by atoms with E-state index >= 15 is 0 Å². The number of carboxylic acids is 2. The standard InChI is InChI=1S/C14H17NO5/c1-3-12(16)15(7-6-13(17)18)11-8-10(14(19)20)5-4-9(11)2/h4-5,8H,3,6-7H2,1-2H3,(H,17,18)(H,19,20). The number of carbonyl (C=O) groups is 3. The second-order valence-electron chi connectivity index (χ2n) is 4.35. The maximum atomic E-state index is 11.9. The molecule has 0 bridgehead atoms. The van der Waals surface area contributed by atoms with Crippen molar-refractivity contribution in [3.63, 3.8) is 0 Å². The number of carbonyl (C=O) groups excluding carboxylic acids is 1. The van der Waals surface area contributed by atoms with Crippen molar-refractivity contribution in [1.82, 2.24) is 0 Å². The number of rotatable bonds is 6. The monoisotopic (exact) mass is 279 g/mol. The van der Waals surface area contributed by atoms with Crippen LogP contribution in [0, 0.1) is 6.92 Å². The van der Waals surface area contributed by atoms with Gasteiger partial charge in [-0.2, -0.15) is 0 Å². The molecule has 0 fully saturated rings. The Morgan fingerprint density at radius 1 is 1.20 bits per heavy atom. The molecule has 0 aliphatic carbocycles. The van der Waals surface area contributed by atoms with E-state index in [0.717, 1.165) is 5.56 Å². The van der Waals surface area contributed by atoms with Crippen molar-refractivity contribution in [1.29, 1.82) is 0 Å². The lowest BCUT2D eigenvalue weighted by Gasteiger charge is -2.24. The van der Waals surface area contributed by atoms with Crippen molar-refractivity contribution in [2.45, 2.75) is 26.7 Å². The average molecular weight is 279 g/mol. The van der Waals surface area contributed by atoms with E-state index < -0.39 is 11.9 Å². The molecule has 6 nitrogen and oxygen atoms in total. The van der Waals surface area contributed by atoms with Gasteiger partial charge in [0.1, 0.15) is 0 Å². The summed E-state index contributed by atoms with van der Waals surface area (Å²) in [4.78, 5) is 34.9. The number of benzene rings is 1. The first-order chi connectivity index (χ1) is 9.36. The number of amides is 1. The molecule has 0 atom stereocenters. The molecule has 6 heteroatoms. The van der Waals surface area contributed by atoms with Gasteiger partial charge in [0.15, 0.2) is 0 Å². The molecule has 2 N–H and O–H groups in total. The Morgan fingerprint density at radius 3 is 2.35 bits per heavy atom. The van der Waals surface area contributed by atoms with Crippen molar-refractivity contribution in [2.75, 3.05) is 11.4 Å². The third-order valence-electron chi connectivity index (χ3n) is 2.90. The van der Waals surface area contributed by atoms with Crippen LogP contribution in [-0.4, -0.2) is 34.6 Å². The van der Waals surface area contributed by atoms with E-state index in [2.05, 4.69) is 0 Å². The van der Waals surface area contributed by atoms with Crippen molar-refractivity contribution in [3.05, 3.63) is 29.3 Å². The largest absolute Gasteiger partial charge is 0.481 e. The van der Waals surface area contributed by atoms with Gasteiger partial charge in [0.05, 0.1) is 12.0 Å². The molecule has 0 aromatic heterocycles. The smallest absolute Gasteiger partial charge is 0.335 e. The number of carboxylic acid groups (broad SMARTS) is 2. The van der Waals surface area contributed by atoms with Crippen molar-refractivity contribution >= 4 is 23.5 Å². The van der Waals surface area contributed by atoms with Gasteiger partial charge < -0.3 is 15.1 Å². The first-order valence-corrected chi connectivity index (χ1v) is 6.23. The zero-order chi connectivity index (χ0) is 15.3. The van der Waals surface area contributed by atoms with Crippen LogP contribution in [-0.2, 0) is 9.59 Å². The number of anilines is 1. The number of aromatic carboxylic acids is 1. The molecule has 1 aromatic carbocycles. The fraction of sp³-hybridized carbons (Fsp3) is 0.357. The molecule has 1 aromatic rings. The fourth-order valence-electron chi connectivity index (χ4n) is 1.81. The maximum Gasteiger partial charge on any atom is 0.335 e. The highest BCUT2D eigenvalue weighted by molar-refractivity contribution is 5.96. The molecule has 0 unspecified atom stereocenters. The molecule has 0 saturated carbocycles. The zero-order valence-corrected chi connectivity index (χ0v) is 11.4.